The summed E-state index contributed by atoms with van der Waals surface area (Å²) in [6.07, 6.45) is 25.5. The molecule has 2 heteroatoms. The minimum atomic E-state index is 0.0275. The first kappa shape index (κ1) is 27.5. The molecule has 0 fully saturated rings. The first-order valence-electron chi connectivity index (χ1n) is 12.9. The van der Waals surface area contributed by atoms with Gasteiger partial charge in [0.1, 0.15) is 0 Å². The van der Waals surface area contributed by atoms with Crippen LogP contribution in [0.25, 0.3) is 0 Å². The molecule has 0 N–H and O–H groups in total. The average molecular weight is 397 g/mol. The molecule has 1 unspecified atom stereocenters. The summed E-state index contributed by atoms with van der Waals surface area (Å²) in [6, 6.07) is 0. The predicted octanol–water partition coefficient (Wildman–Crippen LogP) is 9.01. The molecule has 168 valence electrons. The van der Waals surface area contributed by atoms with E-state index in [0.717, 1.165) is 6.42 Å². The highest BCUT2D eigenvalue weighted by Gasteiger charge is 2.11. The summed E-state index contributed by atoms with van der Waals surface area (Å²) >= 11 is 0. The van der Waals surface area contributed by atoms with Crippen molar-refractivity contribution < 1.29 is 9.53 Å². The highest BCUT2D eigenvalue weighted by molar-refractivity contribution is 5.69. The van der Waals surface area contributed by atoms with Crippen molar-refractivity contribution >= 4 is 5.97 Å². The maximum Gasteiger partial charge on any atom is 0.305 e. The minimum Gasteiger partial charge on any atom is -0.465 e. The molecule has 0 radical (unpaired) electrons. The van der Waals surface area contributed by atoms with Gasteiger partial charge in [0, 0.05) is 6.42 Å². The lowest BCUT2D eigenvalue weighted by molar-refractivity contribution is -0.145. The van der Waals surface area contributed by atoms with E-state index in [-0.39, 0.29) is 5.97 Å². The van der Waals surface area contributed by atoms with E-state index in [4.69, 9.17) is 4.74 Å². The Hall–Kier alpha value is -0.530. The maximum atomic E-state index is 12.0. The second-order valence-corrected chi connectivity index (χ2v) is 8.83. The topological polar surface area (TPSA) is 26.3 Å². The Morgan fingerprint density at radius 2 is 1.04 bits per heavy atom. The summed E-state index contributed by atoms with van der Waals surface area (Å²) in [4.78, 5) is 12.0. The number of unbranched alkanes of at least 4 members (excludes halogenated alkanes) is 14. The Kier molecular flexibility index (Phi) is 22.3. The van der Waals surface area contributed by atoms with E-state index in [0.29, 0.717) is 18.9 Å². The van der Waals surface area contributed by atoms with Gasteiger partial charge in [-0.05, 0) is 25.2 Å². The normalized spacial score (nSPS) is 12.2. The fourth-order valence-electron chi connectivity index (χ4n) is 3.97. The van der Waals surface area contributed by atoms with Gasteiger partial charge in [-0.3, -0.25) is 4.79 Å². The summed E-state index contributed by atoms with van der Waals surface area (Å²) in [5, 5.41) is 0. The quantitative estimate of drug-likeness (QED) is 0.135. The molecule has 0 rings (SSSR count). The molecule has 0 saturated carbocycles. The largest absolute Gasteiger partial charge is 0.465 e. The second kappa shape index (κ2) is 22.8. The van der Waals surface area contributed by atoms with Crippen LogP contribution in [0.2, 0.25) is 0 Å². The van der Waals surface area contributed by atoms with Crippen LogP contribution in [0, 0.1) is 5.92 Å². The van der Waals surface area contributed by atoms with Gasteiger partial charge in [0.15, 0.2) is 0 Å². The predicted molar refractivity (Wildman–Crippen MR) is 124 cm³/mol. The monoisotopic (exact) mass is 396 g/mol. The molecule has 0 aromatic carbocycles. The number of carbonyl (C=O) groups excluding carboxylic acids is 1. The van der Waals surface area contributed by atoms with E-state index in [9.17, 15) is 4.79 Å². The van der Waals surface area contributed by atoms with E-state index in [1.807, 2.05) is 0 Å². The zero-order valence-corrected chi connectivity index (χ0v) is 19.7. The zero-order valence-electron chi connectivity index (χ0n) is 19.7. The molecule has 0 heterocycles. The van der Waals surface area contributed by atoms with Crippen molar-refractivity contribution in [1.29, 1.82) is 0 Å². The highest BCUT2D eigenvalue weighted by atomic mass is 16.5. The molecule has 0 aliphatic rings. The van der Waals surface area contributed by atoms with Crippen molar-refractivity contribution in [1.82, 2.24) is 0 Å². The summed E-state index contributed by atoms with van der Waals surface area (Å²) in [5.41, 5.74) is 0. The minimum absolute atomic E-state index is 0.0275. The fraction of sp³-hybridized carbons (Fsp3) is 0.962. The van der Waals surface area contributed by atoms with Crippen LogP contribution in [-0.2, 0) is 9.53 Å². The summed E-state index contributed by atoms with van der Waals surface area (Å²) in [7, 11) is 0. The molecular weight excluding hydrogens is 344 g/mol. The van der Waals surface area contributed by atoms with Gasteiger partial charge in [0.25, 0.3) is 0 Å². The van der Waals surface area contributed by atoms with Crippen LogP contribution in [0.5, 0.6) is 0 Å². The van der Waals surface area contributed by atoms with Crippen LogP contribution in [0.3, 0.4) is 0 Å². The van der Waals surface area contributed by atoms with E-state index in [2.05, 4.69) is 20.8 Å². The molecule has 1 atom stereocenters. The molecule has 0 bridgehead atoms. The molecule has 0 aromatic heterocycles. The molecule has 0 amide bonds. The second-order valence-electron chi connectivity index (χ2n) is 8.83. The Bertz CT molecular complexity index is 314. The van der Waals surface area contributed by atoms with Crippen molar-refractivity contribution in [2.45, 2.75) is 149 Å². The number of hydrogen-bond donors (Lipinski definition) is 0. The highest BCUT2D eigenvalue weighted by Crippen LogP contribution is 2.17. The van der Waals surface area contributed by atoms with Crippen LogP contribution in [0.15, 0.2) is 0 Å². The number of ether oxygens (including phenoxy) is 1. The lowest BCUT2D eigenvalue weighted by atomic mass is 9.97. The van der Waals surface area contributed by atoms with Crippen LogP contribution in [-0.4, -0.2) is 12.6 Å². The van der Waals surface area contributed by atoms with Gasteiger partial charge in [-0.2, -0.15) is 0 Å². The maximum absolute atomic E-state index is 12.0. The van der Waals surface area contributed by atoms with Gasteiger partial charge in [-0.1, -0.05) is 124 Å². The molecule has 0 aliphatic heterocycles. The molecule has 0 saturated heterocycles. The van der Waals surface area contributed by atoms with Gasteiger partial charge in [0.2, 0.25) is 0 Å². The van der Waals surface area contributed by atoms with Crippen LogP contribution in [0.1, 0.15) is 149 Å². The molecule has 2 nitrogen and oxygen atoms in total. The van der Waals surface area contributed by atoms with Gasteiger partial charge in [0.05, 0.1) is 6.61 Å². The molecule has 0 spiro atoms. The third-order valence-electron chi connectivity index (χ3n) is 5.88. The van der Waals surface area contributed by atoms with E-state index < -0.39 is 0 Å². The van der Waals surface area contributed by atoms with E-state index >= 15 is 0 Å². The van der Waals surface area contributed by atoms with E-state index in [1.54, 1.807) is 0 Å². The standard InChI is InChI=1S/C26H52O2/c1-4-7-9-10-11-12-13-14-15-16-17-18-20-23-26(27)28-24-25(21-6-3)22-19-8-5-2/h25H,4-24H2,1-3H3. The van der Waals surface area contributed by atoms with Gasteiger partial charge in [-0.15, -0.1) is 0 Å². The number of hydrogen-bond acceptors (Lipinski definition) is 2. The summed E-state index contributed by atoms with van der Waals surface area (Å²) in [5.74, 6) is 0.604. The van der Waals surface area contributed by atoms with Gasteiger partial charge < -0.3 is 4.74 Å². The lowest BCUT2D eigenvalue weighted by Crippen LogP contribution is -2.14. The fourth-order valence-corrected chi connectivity index (χ4v) is 3.97. The SMILES string of the molecule is CCCCCCCCCCCCCCCC(=O)OCC(CCC)CCCCC. The van der Waals surface area contributed by atoms with Crippen LogP contribution in [0.4, 0.5) is 0 Å². The lowest BCUT2D eigenvalue weighted by Gasteiger charge is -2.16. The number of carbonyl (C=O) groups is 1. The Morgan fingerprint density at radius 1 is 0.571 bits per heavy atom. The first-order valence-corrected chi connectivity index (χ1v) is 12.9. The molecule has 0 aromatic rings. The molecule has 0 aliphatic carbocycles. The average Bonchev–Trinajstić information content (AvgIpc) is 2.69. The van der Waals surface area contributed by atoms with Crippen molar-refractivity contribution in [2.75, 3.05) is 6.61 Å². The van der Waals surface area contributed by atoms with Crippen LogP contribution >= 0.6 is 0 Å². The molecular formula is C26H52O2. The van der Waals surface area contributed by atoms with Crippen LogP contribution < -0.4 is 0 Å². The Labute approximate surface area is 177 Å². The Balaban J connectivity index is 3.41. The van der Waals surface area contributed by atoms with Gasteiger partial charge >= 0.3 is 5.97 Å². The van der Waals surface area contributed by atoms with Crippen molar-refractivity contribution in [3.8, 4) is 0 Å². The van der Waals surface area contributed by atoms with Crippen molar-refractivity contribution in [3.05, 3.63) is 0 Å². The van der Waals surface area contributed by atoms with E-state index in [1.165, 1.54) is 116 Å². The van der Waals surface area contributed by atoms with Crippen molar-refractivity contribution in [2.24, 2.45) is 5.92 Å². The first-order chi connectivity index (χ1) is 13.7. The smallest absolute Gasteiger partial charge is 0.305 e. The third kappa shape index (κ3) is 20.2. The Morgan fingerprint density at radius 3 is 1.54 bits per heavy atom. The summed E-state index contributed by atoms with van der Waals surface area (Å²) < 4.78 is 5.56. The molecule has 28 heavy (non-hydrogen) atoms. The van der Waals surface area contributed by atoms with Gasteiger partial charge in [-0.25, -0.2) is 0 Å². The number of rotatable bonds is 22. The zero-order chi connectivity index (χ0) is 20.7. The third-order valence-corrected chi connectivity index (χ3v) is 5.88. The van der Waals surface area contributed by atoms with Crippen molar-refractivity contribution in [3.63, 3.8) is 0 Å². The summed E-state index contributed by atoms with van der Waals surface area (Å²) in [6.45, 7) is 7.39. The number of esters is 1.